The van der Waals surface area contributed by atoms with Crippen molar-refractivity contribution >= 4 is 22.0 Å². The van der Waals surface area contributed by atoms with Crippen LogP contribution in [0.2, 0.25) is 0 Å². The van der Waals surface area contributed by atoms with E-state index in [0.29, 0.717) is 18.7 Å². The zero-order valence-corrected chi connectivity index (χ0v) is 13.4. The highest BCUT2D eigenvalue weighted by Crippen LogP contribution is 2.23. The summed E-state index contributed by atoms with van der Waals surface area (Å²) in [5.41, 5.74) is 0.446. The zero-order valence-electron chi connectivity index (χ0n) is 11.8. The fourth-order valence-corrected chi connectivity index (χ4v) is 2.17. The number of nitrogens with one attached hydrogen (secondary N) is 2. The number of ether oxygens (including phenoxy) is 1. The molecular formula is C16H16BrFN2O2. The molecule has 0 heterocycles. The van der Waals surface area contributed by atoms with Crippen molar-refractivity contribution in [2.75, 3.05) is 13.2 Å². The maximum atomic E-state index is 13.4. The van der Waals surface area contributed by atoms with Crippen molar-refractivity contribution in [3.8, 4) is 5.75 Å². The topological polar surface area (TPSA) is 50.4 Å². The van der Waals surface area contributed by atoms with Crippen LogP contribution in [0.3, 0.4) is 0 Å². The summed E-state index contributed by atoms with van der Waals surface area (Å²) in [6, 6.07) is 13.4. The highest BCUT2D eigenvalue weighted by atomic mass is 79.9. The normalized spacial score (nSPS) is 10.1. The zero-order chi connectivity index (χ0) is 15.8. The number of urea groups is 1. The lowest BCUT2D eigenvalue weighted by Crippen LogP contribution is -2.37. The van der Waals surface area contributed by atoms with Gasteiger partial charge >= 0.3 is 6.03 Å². The molecule has 0 unspecified atom stereocenters. The summed E-state index contributed by atoms with van der Waals surface area (Å²) in [5, 5.41) is 5.24. The summed E-state index contributed by atoms with van der Waals surface area (Å²) in [6.45, 7) is 0.837. The second-order valence-electron chi connectivity index (χ2n) is 4.48. The standard InChI is InChI=1S/C16H16BrFN2O2/c17-13-6-2-4-8-15(13)22-10-9-19-16(21)20-11-12-5-1-3-7-14(12)18/h1-8H,9-11H2,(H2,19,20,21). The Bertz CT molecular complexity index is 637. The van der Waals surface area contributed by atoms with Crippen molar-refractivity contribution in [1.82, 2.24) is 10.6 Å². The number of hydrogen-bond donors (Lipinski definition) is 2. The maximum absolute atomic E-state index is 13.4. The highest BCUT2D eigenvalue weighted by Gasteiger charge is 2.04. The number of amides is 2. The van der Waals surface area contributed by atoms with Crippen LogP contribution < -0.4 is 15.4 Å². The Morgan fingerprint density at radius 2 is 1.82 bits per heavy atom. The fourth-order valence-electron chi connectivity index (χ4n) is 1.77. The first kappa shape index (κ1) is 16.3. The van der Waals surface area contributed by atoms with E-state index in [1.165, 1.54) is 6.07 Å². The van der Waals surface area contributed by atoms with Gasteiger partial charge in [0.15, 0.2) is 0 Å². The van der Waals surface area contributed by atoms with Crippen LogP contribution in [-0.2, 0) is 6.54 Å². The molecule has 2 N–H and O–H groups in total. The van der Waals surface area contributed by atoms with Crippen molar-refractivity contribution in [1.29, 1.82) is 0 Å². The first-order valence-corrected chi connectivity index (χ1v) is 7.58. The van der Waals surface area contributed by atoms with Crippen LogP contribution >= 0.6 is 15.9 Å². The quantitative estimate of drug-likeness (QED) is 0.769. The lowest BCUT2D eigenvalue weighted by Gasteiger charge is -2.10. The van der Waals surface area contributed by atoms with E-state index in [4.69, 9.17) is 4.74 Å². The van der Waals surface area contributed by atoms with E-state index < -0.39 is 0 Å². The molecule has 0 aliphatic rings. The molecule has 0 radical (unpaired) electrons. The van der Waals surface area contributed by atoms with E-state index in [0.717, 1.165) is 10.2 Å². The van der Waals surface area contributed by atoms with Crippen LogP contribution in [0.1, 0.15) is 5.56 Å². The molecule has 2 aromatic carbocycles. The number of para-hydroxylation sites is 1. The van der Waals surface area contributed by atoms with Gasteiger partial charge in [0.1, 0.15) is 18.2 Å². The number of carbonyl (C=O) groups excluding carboxylic acids is 1. The summed E-state index contributed by atoms with van der Waals surface area (Å²) in [4.78, 5) is 11.6. The van der Waals surface area contributed by atoms with Crippen LogP contribution in [0.4, 0.5) is 9.18 Å². The number of halogens is 2. The Labute approximate surface area is 136 Å². The molecule has 0 saturated carbocycles. The lowest BCUT2D eigenvalue weighted by atomic mass is 10.2. The molecule has 2 amide bonds. The average Bonchev–Trinajstić information content (AvgIpc) is 2.52. The first-order valence-electron chi connectivity index (χ1n) is 6.79. The maximum Gasteiger partial charge on any atom is 0.315 e. The van der Waals surface area contributed by atoms with Gasteiger partial charge < -0.3 is 15.4 Å². The molecule has 4 nitrogen and oxygen atoms in total. The molecule has 0 aromatic heterocycles. The molecule has 0 saturated heterocycles. The van der Waals surface area contributed by atoms with Crippen molar-refractivity contribution in [2.45, 2.75) is 6.54 Å². The molecule has 2 rings (SSSR count). The van der Waals surface area contributed by atoms with Gasteiger partial charge in [-0.2, -0.15) is 0 Å². The van der Waals surface area contributed by atoms with Crippen LogP contribution in [0.15, 0.2) is 53.0 Å². The molecule has 2 aromatic rings. The Hall–Kier alpha value is -2.08. The summed E-state index contributed by atoms with van der Waals surface area (Å²) < 4.78 is 19.8. The minimum atomic E-state index is -0.362. The summed E-state index contributed by atoms with van der Waals surface area (Å²) in [6.07, 6.45) is 0. The van der Waals surface area contributed by atoms with E-state index in [1.54, 1.807) is 18.2 Å². The predicted octanol–water partition coefficient (Wildman–Crippen LogP) is 3.47. The van der Waals surface area contributed by atoms with Gasteiger partial charge in [-0.3, -0.25) is 0 Å². The molecule has 0 fully saturated rings. The summed E-state index contributed by atoms with van der Waals surface area (Å²) in [5.74, 6) is 0.385. The Kier molecular flexibility index (Phi) is 6.21. The second-order valence-corrected chi connectivity index (χ2v) is 5.33. The molecular weight excluding hydrogens is 351 g/mol. The molecule has 0 spiro atoms. The first-order chi connectivity index (χ1) is 10.7. The number of hydrogen-bond acceptors (Lipinski definition) is 2. The van der Waals surface area contributed by atoms with Crippen LogP contribution in [0.25, 0.3) is 0 Å². The molecule has 0 aliphatic carbocycles. The number of carbonyl (C=O) groups is 1. The van der Waals surface area contributed by atoms with Crippen molar-refractivity contribution in [2.24, 2.45) is 0 Å². The van der Waals surface area contributed by atoms with E-state index >= 15 is 0 Å². The minimum Gasteiger partial charge on any atom is -0.491 e. The van der Waals surface area contributed by atoms with Gasteiger partial charge in [0, 0.05) is 12.1 Å². The van der Waals surface area contributed by atoms with Gasteiger partial charge in [-0.05, 0) is 34.1 Å². The third-order valence-electron chi connectivity index (χ3n) is 2.88. The Balaban J connectivity index is 1.66. The molecule has 6 heteroatoms. The Morgan fingerprint density at radius 1 is 1.09 bits per heavy atom. The molecule has 0 atom stereocenters. The average molecular weight is 367 g/mol. The van der Waals surface area contributed by atoms with Crippen molar-refractivity contribution in [3.63, 3.8) is 0 Å². The highest BCUT2D eigenvalue weighted by molar-refractivity contribution is 9.10. The van der Waals surface area contributed by atoms with Gasteiger partial charge in [0.2, 0.25) is 0 Å². The largest absolute Gasteiger partial charge is 0.491 e. The SMILES string of the molecule is O=C(NCCOc1ccccc1Br)NCc1ccccc1F. The van der Waals surface area contributed by atoms with Crippen molar-refractivity contribution < 1.29 is 13.9 Å². The third-order valence-corrected chi connectivity index (χ3v) is 3.53. The number of rotatable bonds is 6. The second kappa shape index (κ2) is 8.38. The monoisotopic (exact) mass is 366 g/mol. The molecule has 22 heavy (non-hydrogen) atoms. The Morgan fingerprint density at radius 3 is 2.59 bits per heavy atom. The van der Waals surface area contributed by atoms with Crippen LogP contribution in [-0.4, -0.2) is 19.2 Å². The lowest BCUT2D eigenvalue weighted by molar-refractivity contribution is 0.236. The smallest absolute Gasteiger partial charge is 0.315 e. The molecule has 0 aliphatic heterocycles. The summed E-state index contributed by atoms with van der Waals surface area (Å²) >= 11 is 3.37. The van der Waals surface area contributed by atoms with Gasteiger partial charge in [-0.15, -0.1) is 0 Å². The number of benzene rings is 2. The van der Waals surface area contributed by atoms with E-state index in [-0.39, 0.29) is 18.4 Å². The summed E-state index contributed by atoms with van der Waals surface area (Å²) in [7, 11) is 0. The van der Waals surface area contributed by atoms with Gasteiger partial charge in [-0.25, -0.2) is 9.18 Å². The van der Waals surface area contributed by atoms with Gasteiger partial charge in [0.25, 0.3) is 0 Å². The van der Waals surface area contributed by atoms with Crippen molar-refractivity contribution in [3.05, 3.63) is 64.4 Å². The van der Waals surface area contributed by atoms with E-state index in [1.807, 2.05) is 24.3 Å². The van der Waals surface area contributed by atoms with E-state index in [2.05, 4.69) is 26.6 Å². The molecule has 116 valence electrons. The molecule has 0 bridgehead atoms. The van der Waals surface area contributed by atoms with Gasteiger partial charge in [-0.1, -0.05) is 30.3 Å². The fraction of sp³-hybridized carbons (Fsp3) is 0.188. The van der Waals surface area contributed by atoms with E-state index in [9.17, 15) is 9.18 Å². The predicted molar refractivity (Wildman–Crippen MR) is 86.3 cm³/mol. The third kappa shape index (κ3) is 5.04. The van der Waals surface area contributed by atoms with Crippen LogP contribution in [0, 0.1) is 5.82 Å². The van der Waals surface area contributed by atoms with Crippen LogP contribution in [0.5, 0.6) is 5.75 Å². The van der Waals surface area contributed by atoms with Gasteiger partial charge in [0.05, 0.1) is 11.0 Å². The minimum absolute atomic E-state index is 0.142.